The number of fused-ring (bicyclic) bond motifs is 1. The number of carbonyl (C=O) groups is 2. The van der Waals surface area contributed by atoms with Crippen LogP contribution < -0.4 is 10.2 Å². The molecule has 314 valence electrons. The summed E-state index contributed by atoms with van der Waals surface area (Å²) in [5, 5.41) is 20.6. The Balaban J connectivity index is 0.000000169. The fraction of sp³-hybridized carbons (Fsp3) is 0.341. The number of hydrogen-bond donors (Lipinski definition) is 1. The molecule has 2 aliphatic rings. The second-order valence-corrected chi connectivity index (χ2v) is 15.9. The van der Waals surface area contributed by atoms with Gasteiger partial charge in [-0.15, -0.1) is 0 Å². The number of likely N-dealkylation sites (N-methyl/N-ethyl adjacent to an activating group) is 1. The van der Waals surface area contributed by atoms with Crippen LogP contribution >= 0.6 is 11.6 Å². The number of piperidine rings is 2. The van der Waals surface area contributed by atoms with Crippen molar-refractivity contribution in [2.45, 2.75) is 77.5 Å². The molecule has 4 aromatic heterocycles. The first-order valence-corrected chi connectivity index (χ1v) is 20.8. The average molecular weight is 842 g/mol. The van der Waals surface area contributed by atoms with Crippen molar-refractivity contribution in [3.8, 4) is 11.4 Å². The summed E-state index contributed by atoms with van der Waals surface area (Å²) in [5.74, 6) is 0.608. The van der Waals surface area contributed by atoms with Gasteiger partial charge in [0.15, 0.2) is 5.58 Å². The van der Waals surface area contributed by atoms with E-state index in [0.29, 0.717) is 52.6 Å². The Kier molecular flexibility index (Phi) is 12.0. The number of halogens is 1. The zero-order chi connectivity index (χ0) is 42.6. The molecule has 17 heteroatoms. The first kappa shape index (κ1) is 41.1. The van der Waals surface area contributed by atoms with E-state index < -0.39 is 0 Å². The van der Waals surface area contributed by atoms with Crippen LogP contribution in [0.25, 0.3) is 22.5 Å². The molecule has 2 aliphatic heterocycles. The predicted molar refractivity (Wildman–Crippen MR) is 232 cm³/mol. The summed E-state index contributed by atoms with van der Waals surface area (Å²) in [6.45, 7) is 9.54. The molecule has 6 heterocycles. The summed E-state index contributed by atoms with van der Waals surface area (Å²) in [7, 11) is 1.99. The molecule has 61 heavy (non-hydrogen) atoms. The summed E-state index contributed by atoms with van der Waals surface area (Å²) in [6, 6.07) is 20.0. The molecular weight excluding hydrogens is 794 g/mol. The lowest BCUT2D eigenvalue weighted by Gasteiger charge is -2.43. The summed E-state index contributed by atoms with van der Waals surface area (Å²) in [4.78, 5) is 49.0. The van der Waals surface area contributed by atoms with E-state index in [1.54, 1.807) is 31.0 Å². The number of oxazole rings is 1. The molecule has 2 saturated heterocycles. The molecule has 0 aliphatic carbocycles. The zero-order valence-corrected chi connectivity index (χ0v) is 35.5. The quantitative estimate of drug-likeness (QED) is 0.167. The van der Waals surface area contributed by atoms with Crippen LogP contribution in [0, 0.1) is 13.8 Å². The fourth-order valence-electron chi connectivity index (χ4n) is 8.25. The van der Waals surface area contributed by atoms with E-state index >= 15 is 0 Å². The minimum absolute atomic E-state index is 0.0135. The molecule has 1 N–H and O–H groups in total. The van der Waals surface area contributed by atoms with Crippen molar-refractivity contribution < 1.29 is 14.0 Å². The van der Waals surface area contributed by atoms with Gasteiger partial charge in [0.25, 0.3) is 17.8 Å². The monoisotopic (exact) mass is 841 g/mol. The Labute approximate surface area is 358 Å². The minimum atomic E-state index is -0.0292. The number of likely N-dealkylation sites (tertiary alicyclic amines) is 2. The lowest BCUT2D eigenvalue weighted by Crippen LogP contribution is -2.55. The number of aromatic nitrogens is 9. The van der Waals surface area contributed by atoms with Crippen molar-refractivity contribution in [2.24, 2.45) is 0 Å². The van der Waals surface area contributed by atoms with Crippen molar-refractivity contribution in [1.82, 2.24) is 54.7 Å². The Hall–Kier alpha value is -6.68. The topological polar surface area (TPSA) is 169 Å². The molecular formula is C44H48ClN13O3. The maximum absolute atomic E-state index is 13.7. The molecule has 1 unspecified atom stereocenters. The van der Waals surface area contributed by atoms with Crippen molar-refractivity contribution in [1.29, 1.82) is 0 Å². The minimum Gasteiger partial charge on any atom is -0.423 e. The zero-order valence-electron chi connectivity index (χ0n) is 34.8. The summed E-state index contributed by atoms with van der Waals surface area (Å²) in [5.41, 5.74) is 6.26. The lowest BCUT2D eigenvalue weighted by atomic mass is 9.95. The number of para-hydroxylation sites is 2. The number of anilines is 2. The molecule has 2 fully saturated rings. The summed E-state index contributed by atoms with van der Waals surface area (Å²) >= 11 is 5.82. The Bertz CT molecular complexity index is 2560. The highest BCUT2D eigenvalue weighted by atomic mass is 35.5. The molecule has 0 radical (unpaired) electrons. The SMILES string of the molecule is Cc1ccc(C(=O)N2CCCC(N(C)c3nc4ccccc4o3)[C@@H]2C)c(-n2nccn2)c1.Cc1ccc(C(=O)N2CCC[C@@H](Nc3cnc(Cl)cn3)[C@@H]2C)c(-n2nccn2)c1. The van der Waals surface area contributed by atoms with E-state index in [9.17, 15) is 9.59 Å². The van der Waals surface area contributed by atoms with Crippen LogP contribution in [0.15, 0.2) is 102 Å². The molecule has 16 nitrogen and oxygen atoms in total. The smallest absolute Gasteiger partial charge is 0.298 e. The summed E-state index contributed by atoms with van der Waals surface area (Å²) in [6.07, 6.45) is 13.3. The highest BCUT2D eigenvalue weighted by Gasteiger charge is 2.37. The number of aryl methyl sites for hydroxylation is 2. The third-order valence-corrected chi connectivity index (χ3v) is 11.7. The first-order chi connectivity index (χ1) is 29.5. The van der Waals surface area contributed by atoms with Gasteiger partial charge in [-0.25, -0.2) is 9.97 Å². The van der Waals surface area contributed by atoms with Crippen molar-refractivity contribution in [2.75, 3.05) is 30.4 Å². The van der Waals surface area contributed by atoms with Crippen molar-refractivity contribution in [3.63, 3.8) is 0 Å². The number of nitrogens with zero attached hydrogens (tertiary/aromatic N) is 12. The summed E-state index contributed by atoms with van der Waals surface area (Å²) < 4.78 is 5.98. The highest BCUT2D eigenvalue weighted by Crippen LogP contribution is 2.30. The number of nitrogens with one attached hydrogen (secondary N) is 1. The van der Waals surface area contributed by atoms with Crippen molar-refractivity contribution in [3.05, 3.63) is 125 Å². The maximum atomic E-state index is 13.7. The average Bonchev–Trinajstić information content (AvgIpc) is 4.09. The van der Waals surface area contributed by atoms with E-state index in [1.807, 2.05) is 91.4 Å². The van der Waals surface area contributed by atoms with Gasteiger partial charge < -0.3 is 24.4 Å². The number of rotatable bonds is 8. The van der Waals surface area contributed by atoms with Gasteiger partial charge in [0, 0.05) is 38.3 Å². The molecule has 4 atom stereocenters. The first-order valence-electron chi connectivity index (χ1n) is 20.4. The van der Waals surface area contributed by atoms with Gasteiger partial charge >= 0.3 is 0 Å². The molecule has 0 spiro atoms. The van der Waals surface area contributed by atoms with Gasteiger partial charge in [0.1, 0.15) is 16.5 Å². The normalized spacial score (nSPS) is 19.0. The van der Waals surface area contributed by atoms with Crippen LogP contribution in [-0.4, -0.2) is 111 Å². The predicted octanol–water partition coefficient (Wildman–Crippen LogP) is 6.97. The Morgan fingerprint density at radius 1 is 0.754 bits per heavy atom. The van der Waals surface area contributed by atoms with E-state index in [0.717, 1.165) is 47.9 Å². The van der Waals surface area contributed by atoms with Crippen LogP contribution in [0.2, 0.25) is 5.15 Å². The molecule has 9 rings (SSSR count). The van der Waals surface area contributed by atoms with E-state index in [2.05, 4.69) is 59.4 Å². The Morgan fingerprint density at radius 3 is 1.90 bits per heavy atom. The van der Waals surface area contributed by atoms with E-state index in [4.69, 9.17) is 16.0 Å². The van der Waals surface area contributed by atoms with Crippen LogP contribution in [-0.2, 0) is 0 Å². The molecule has 3 aromatic carbocycles. The van der Waals surface area contributed by atoms with Crippen LogP contribution in [0.4, 0.5) is 11.8 Å². The molecule has 0 saturated carbocycles. The highest BCUT2D eigenvalue weighted by molar-refractivity contribution is 6.29. The van der Waals surface area contributed by atoms with Gasteiger partial charge in [-0.05, 0) is 101 Å². The third-order valence-electron chi connectivity index (χ3n) is 11.5. The Morgan fingerprint density at radius 2 is 1.33 bits per heavy atom. The van der Waals surface area contributed by atoms with Gasteiger partial charge in [-0.3, -0.25) is 9.59 Å². The maximum Gasteiger partial charge on any atom is 0.298 e. The largest absolute Gasteiger partial charge is 0.423 e. The number of hydrogen-bond acceptors (Lipinski definition) is 12. The standard InChI is InChI=1S/C24H26N6O2.C20H22ClN7O/c1-16-10-11-18(21(15-16)30-25-12-13-26-30)23(31)29-14-6-8-20(17(29)2)28(3)24-27-19-7-4-5-9-22(19)32-24;1-13-5-6-15(17(10-13)28-24-7-8-25-28)20(29)27-9-3-4-16(14(27)2)26-19-12-22-18(21)11-23-19/h4-5,7,9-13,15,17,20H,6,8,14H2,1-3H3;5-8,10-12,14,16H,3-4,9H2,1-2H3,(H,23,26)/t17-,20?;14-,16+/m00/s1. The van der Waals surface area contributed by atoms with Crippen LogP contribution in [0.1, 0.15) is 71.4 Å². The fourth-order valence-corrected chi connectivity index (χ4v) is 8.34. The number of amides is 2. The number of carbonyl (C=O) groups excluding carboxylic acids is 2. The lowest BCUT2D eigenvalue weighted by molar-refractivity contribution is 0.0596. The van der Waals surface area contributed by atoms with Gasteiger partial charge in [-0.1, -0.05) is 35.9 Å². The van der Waals surface area contributed by atoms with E-state index in [1.165, 1.54) is 15.8 Å². The second-order valence-electron chi connectivity index (χ2n) is 15.6. The second kappa shape index (κ2) is 17.9. The third kappa shape index (κ3) is 8.80. The molecule has 2 amide bonds. The van der Waals surface area contributed by atoms with Gasteiger partial charge in [0.2, 0.25) is 0 Å². The van der Waals surface area contributed by atoms with Gasteiger partial charge in [-0.2, -0.15) is 35.0 Å². The molecule has 7 aromatic rings. The van der Waals surface area contributed by atoms with Crippen molar-refractivity contribution >= 4 is 46.3 Å². The van der Waals surface area contributed by atoms with E-state index in [-0.39, 0.29) is 36.0 Å². The van der Waals surface area contributed by atoms with Crippen LogP contribution in [0.5, 0.6) is 0 Å². The van der Waals surface area contributed by atoms with Gasteiger partial charge in [0.05, 0.1) is 65.7 Å². The number of benzene rings is 3. The van der Waals surface area contributed by atoms with Crippen LogP contribution in [0.3, 0.4) is 0 Å². The molecule has 0 bridgehead atoms.